The average Bonchev–Trinajstić information content (AvgIpc) is 3.07. The van der Waals surface area contributed by atoms with Crippen molar-refractivity contribution in [2.45, 2.75) is 168 Å². The van der Waals surface area contributed by atoms with Crippen molar-refractivity contribution in [3.63, 3.8) is 0 Å². The number of rotatable bonds is 35. The Morgan fingerprint density at radius 3 is 1.71 bits per heavy atom. The highest BCUT2D eigenvalue weighted by atomic mass is 31.2. The van der Waals surface area contributed by atoms with Crippen molar-refractivity contribution in [3.8, 4) is 0 Å². The molecule has 0 saturated carbocycles. The molecule has 10 heteroatoms. The van der Waals surface area contributed by atoms with Crippen LogP contribution in [-0.2, 0) is 32.7 Å². The molecule has 0 aromatic carbocycles. The number of unbranched alkanes of at least 4 members (excludes halogenated alkanes) is 16. The van der Waals surface area contributed by atoms with E-state index in [1.807, 2.05) is 0 Å². The van der Waals surface area contributed by atoms with Crippen molar-refractivity contribution in [2.75, 3.05) is 26.4 Å². The number of hydrogen-bond acceptors (Lipinski definition) is 8. The number of nitrogens with two attached hydrogens (primary N) is 1. The molecule has 0 aliphatic rings. The molecule has 3 N–H and O–H groups in total. The van der Waals surface area contributed by atoms with Gasteiger partial charge < -0.3 is 20.1 Å². The van der Waals surface area contributed by atoms with Crippen LogP contribution in [0, 0.1) is 0 Å². The lowest BCUT2D eigenvalue weighted by Gasteiger charge is -2.19. The van der Waals surface area contributed by atoms with Gasteiger partial charge in [0.05, 0.1) is 13.2 Å². The molecule has 0 bridgehead atoms. The van der Waals surface area contributed by atoms with Gasteiger partial charge in [0.15, 0.2) is 6.10 Å². The fourth-order valence-corrected chi connectivity index (χ4v) is 5.77. The Kier molecular flexibility index (Phi) is 33.8. The van der Waals surface area contributed by atoms with E-state index in [2.05, 4.69) is 50.3 Å². The minimum Gasteiger partial charge on any atom is -0.462 e. The maximum Gasteiger partial charge on any atom is 0.472 e. The van der Waals surface area contributed by atoms with Gasteiger partial charge in [-0.05, 0) is 44.9 Å². The van der Waals surface area contributed by atoms with E-state index in [9.17, 15) is 19.0 Å². The molecular formula is C38H70NO8P. The van der Waals surface area contributed by atoms with E-state index < -0.39 is 32.5 Å². The van der Waals surface area contributed by atoms with Crippen molar-refractivity contribution < 1.29 is 37.6 Å². The SMILES string of the molecule is CC/C=C\C/C=C\C/C=C\CCCCCCCC(=O)OC[C@H](COP(=O)(O)OCCN)OC(=O)CCCCCCCCCCCCCC. The van der Waals surface area contributed by atoms with Crippen LogP contribution in [0.1, 0.15) is 162 Å². The van der Waals surface area contributed by atoms with E-state index in [-0.39, 0.29) is 32.6 Å². The summed E-state index contributed by atoms with van der Waals surface area (Å²) < 4.78 is 32.6. The Bertz CT molecular complexity index is 892. The van der Waals surface area contributed by atoms with Crippen molar-refractivity contribution in [1.82, 2.24) is 0 Å². The Hall–Kier alpha value is -1.77. The first-order valence-electron chi connectivity index (χ1n) is 19.0. The molecule has 280 valence electrons. The lowest BCUT2D eigenvalue weighted by Crippen LogP contribution is -2.29. The van der Waals surface area contributed by atoms with Gasteiger partial charge in [0.2, 0.25) is 0 Å². The fraction of sp³-hybridized carbons (Fsp3) is 0.789. The summed E-state index contributed by atoms with van der Waals surface area (Å²) >= 11 is 0. The molecule has 0 aliphatic carbocycles. The zero-order valence-corrected chi connectivity index (χ0v) is 31.4. The average molecular weight is 700 g/mol. The second kappa shape index (κ2) is 35.1. The summed E-state index contributed by atoms with van der Waals surface area (Å²) in [4.78, 5) is 34.7. The van der Waals surface area contributed by atoms with Gasteiger partial charge in [0.25, 0.3) is 0 Å². The third-order valence-electron chi connectivity index (χ3n) is 7.79. The van der Waals surface area contributed by atoms with Gasteiger partial charge in [-0.3, -0.25) is 18.6 Å². The van der Waals surface area contributed by atoms with Crippen LogP contribution in [0.3, 0.4) is 0 Å². The van der Waals surface area contributed by atoms with Gasteiger partial charge in [-0.15, -0.1) is 0 Å². The summed E-state index contributed by atoms with van der Waals surface area (Å²) in [5, 5.41) is 0. The highest BCUT2D eigenvalue weighted by Gasteiger charge is 2.25. The Labute approximate surface area is 293 Å². The minimum atomic E-state index is -4.37. The van der Waals surface area contributed by atoms with Crippen LogP contribution in [0.25, 0.3) is 0 Å². The standard InChI is InChI=1S/C38H70NO8P/c1-3-5-7-9-11-13-15-17-18-19-21-22-24-26-28-30-37(40)44-34-36(35-46-48(42,43)45-33-32-39)47-38(41)31-29-27-25-23-20-16-14-12-10-8-6-4-2/h5,7,11,13,17-18,36H,3-4,6,8-10,12,14-16,19-35,39H2,1-2H3,(H,42,43)/b7-5-,13-11-,18-17-/t36-/m1/s1. The predicted molar refractivity (Wildman–Crippen MR) is 197 cm³/mol. The number of phosphoric ester groups is 1. The number of carbonyl (C=O) groups is 2. The van der Waals surface area contributed by atoms with Crippen LogP contribution in [0.4, 0.5) is 0 Å². The topological polar surface area (TPSA) is 134 Å². The first-order chi connectivity index (χ1) is 23.3. The maximum absolute atomic E-state index is 12.5. The molecule has 48 heavy (non-hydrogen) atoms. The van der Waals surface area contributed by atoms with Crippen molar-refractivity contribution in [3.05, 3.63) is 36.5 Å². The van der Waals surface area contributed by atoms with Gasteiger partial charge in [-0.1, -0.05) is 140 Å². The second-order valence-corrected chi connectivity index (χ2v) is 13.9. The summed E-state index contributed by atoms with van der Waals surface area (Å²) in [6.07, 6.45) is 36.0. The zero-order chi connectivity index (χ0) is 35.4. The minimum absolute atomic E-state index is 0.0511. The van der Waals surface area contributed by atoms with E-state index in [1.54, 1.807) is 0 Å². The van der Waals surface area contributed by atoms with Crippen LogP contribution >= 0.6 is 7.82 Å². The second-order valence-electron chi connectivity index (χ2n) is 12.4. The highest BCUT2D eigenvalue weighted by molar-refractivity contribution is 7.47. The number of carbonyl (C=O) groups excluding carboxylic acids is 2. The van der Waals surface area contributed by atoms with Gasteiger partial charge in [-0.2, -0.15) is 0 Å². The molecule has 0 saturated heterocycles. The fourth-order valence-electron chi connectivity index (χ4n) is 5.00. The zero-order valence-electron chi connectivity index (χ0n) is 30.5. The molecule has 1 unspecified atom stereocenters. The quantitative estimate of drug-likeness (QED) is 0.0287. The number of esters is 2. The maximum atomic E-state index is 12.5. The lowest BCUT2D eigenvalue weighted by molar-refractivity contribution is -0.161. The van der Waals surface area contributed by atoms with Crippen LogP contribution in [0.15, 0.2) is 36.5 Å². The number of ether oxygens (including phenoxy) is 2. The monoisotopic (exact) mass is 699 g/mol. The van der Waals surface area contributed by atoms with Crippen molar-refractivity contribution >= 4 is 19.8 Å². The molecule has 0 spiro atoms. The molecule has 0 radical (unpaired) electrons. The van der Waals surface area contributed by atoms with Crippen LogP contribution in [-0.4, -0.2) is 49.3 Å². The van der Waals surface area contributed by atoms with E-state index in [0.29, 0.717) is 12.8 Å². The molecular weight excluding hydrogens is 629 g/mol. The number of hydrogen-bond donors (Lipinski definition) is 2. The summed E-state index contributed by atoms with van der Waals surface area (Å²) in [6.45, 7) is 3.58. The van der Waals surface area contributed by atoms with Gasteiger partial charge >= 0.3 is 19.8 Å². The summed E-state index contributed by atoms with van der Waals surface area (Å²) in [5.41, 5.74) is 5.33. The molecule has 0 heterocycles. The first kappa shape index (κ1) is 46.2. The summed E-state index contributed by atoms with van der Waals surface area (Å²) in [7, 11) is -4.37. The van der Waals surface area contributed by atoms with E-state index in [1.165, 1.54) is 51.4 Å². The Morgan fingerprint density at radius 1 is 0.646 bits per heavy atom. The Balaban J connectivity index is 4.24. The smallest absolute Gasteiger partial charge is 0.462 e. The molecule has 0 fully saturated rings. The van der Waals surface area contributed by atoms with Crippen LogP contribution < -0.4 is 5.73 Å². The van der Waals surface area contributed by atoms with Crippen molar-refractivity contribution in [2.24, 2.45) is 5.73 Å². The largest absolute Gasteiger partial charge is 0.472 e. The molecule has 0 aliphatic heterocycles. The van der Waals surface area contributed by atoms with Gasteiger partial charge in [0.1, 0.15) is 6.61 Å². The third-order valence-corrected chi connectivity index (χ3v) is 8.77. The molecule has 2 atom stereocenters. The number of allylic oxidation sites excluding steroid dienone is 6. The summed E-state index contributed by atoms with van der Waals surface area (Å²) in [6, 6.07) is 0. The molecule has 0 aromatic heterocycles. The van der Waals surface area contributed by atoms with Crippen LogP contribution in [0.5, 0.6) is 0 Å². The lowest BCUT2D eigenvalue weighted by atomic mass is 10.0. The predicted octanol–water partition coefficient (Wildman–Crippen LogP) is 10.2. The normalized spacial score (nSPS) is 13.8. The molecule has 0 rings (SSSR count). The third kappa shape index (κ3) is 34.1. The first-order valence-corrected chi connectivity index (χ1v) is 20.5. The molecule has 0 aromatic rings. The van der Waals surface area contributed by atoms with Gasteiger partial charge in [0, 0.05) is 19.4 Å². The van der Waals surface area contributed by atoms with Gasteiger partial charge in [-0.25, -0.2) is 4.57 Å². The van der Waals surface area contributed by atoms with E-state index >= 15 is 0 Å². The van der Waals surface area contributed by atoms with E-state index in [4.69, 9.17) is 24.3 Å². The highest BCUT2D eigenvalue weighted by Crippen LogP contribution is 2.43. The van der Waals surface area contributed by atoms with Crippen molar-refractivity contribution in [1.29, 1.82) is 0 Å². The Morgan fingerprint density at radius 2 is 1.15 bits per heavy atom. The number of phosphoric acid groups is 1. The summed E-state index contributed by atoms with van der Waals surface area (Å²) in [5.74, 6) is -0.849. The van der Waals surface area contributed by atoms with E-state index in [0.717, 1.165) is 70.6 Å². The van der Waals surface area contributed by atoms with Crippen LogP contribution in [0.2, 0.25) is 0 Å². The molecule has 9 nitrogen and oxygen atoms in total. The molecule has 0 amide bonds.